The van der Waals surface area contributed by atoms with Crippen LogP contribution in [-0.4, -0.2) is 19.9 Å². The fourth-order valence-corrected chi connectivity index (χ4v) is 2.55. The van der Waals surface area contributed by atoms with Crippen LogP contribution in [0.2, 0.25) is 0 Å². The van der Waals surface area contributed by atoms with E-state index in [1.54, 1.807) is 18.6 Å². The third kappa shape index (κ3) is 3.34. The summed E-state index contributed by atoms with van der Waals surface area (Å²) in [6.45, 7) is 2.17. The van der Waals surface area contributed by atoms with E-state index < -0.39 is 0 Å². The Morgan fingerprint density at radius 3 is 2.57 bits per heavy atom. The van der Waals surface area contributed by atoms with Crippen LogP contribution in [0.1, 0.15) is 25.3 Å². The lowest BCUT2D eigenvalue weighted by molar-refractivity contribution is 0.791. The highest BCUT2D eigenvalue weighted by molar-refractivity contribution is 5.72. The summed E-state index contributed by atoms with van der Waals surface area (Å²) in [5.74, 6) is 0.254. The second-order valence-corrected chi connectivity index (χ2v) is 5.32. The Hall–Kier alpha value is -2.82. The zero-order chi connectivity index (χ0) is 16.1. The Bertz CT molecular complexity index is 711. The predicted molar refractivity (Wildman–Crippen MR) is 91.5 cm³/mol. The van der Waals surface area contributed by atoms with Crippen molar-refractivity contribution in [3.63, 3.8) is 0 Å². The Morgan fingerprint density at radius 1 is 1.00 bits per heavy atom. The minimum Gasteiger partial charge on any atom is -0.368 e. The lowest BCUT2D eigenvalue weighted by atomic mass is 9.99. The Balaban J connectivity index is 2.21. The monoisotopic (exact) mass is 305 g/mol. The van der Waals surface area contributed by atoms with E-state index in [2.05, 4.69) is 26.9 Å². The third-order valence-electron chi connectivity index (χ3n) is 3.65. The minimum absolute atomic E-state index is 0.254. The molecular weight excluding hydrogens is 286 g/mol. The highest BCUT2D eigenvalue weighted by Gasteiger charge is 2.17. The van der Waals surface area contributed by atoms with Crippen LogP contribution < -0.4 is 5.73 Å². The summed E-state index contributed by atoms with van der Waals surface area (Å²) < 4.78 is 0. The van der Waals surface area contributed by atoms with E-state index in [1.165, 1.54) is 0 Å². The molecule has 3 heterocycles. The number of aromatic nitrogens is 4. The van der Waals surface area contributed by atoms with Gasteiger partial charge < -0.3 is 5.73 Å². The molecule has 3 aromatic heterocycles. The van der Waals surface area contributed by atoms with Crippen LogP contribution in [0.15, 0.2) is 48.9 Å². The zero-order valence-corrected chi connectivity index (χ0v) is 13.1. The molecule has 3 rings (SSSR count). The van der Waals surface area contributed by atoms with E-state index in [4.69, 9.17) is 5.73 Å². The molecule has 5 nitrogen and oxygen atoms in total. The molecule has 0 aliphatic rings. The number of anilines is 1. The van der Waals surface area contributed by atoms with E-state index in [9.17, 15) is 0 Å². The molecule has 0 saturated heterocycles. The van der Waals surface area contributed by atoms with Gasteiger partial charge in [0, 0.05) is 29.7 Å². The van der Waals surface area contributed by atoms with Crippen LogP contribution in [0.4, 0.5) is 5.95 Å². The van der Waals surface area contributed by atoms with Crippen molar-refractivity contribution in [3.8, 4) is 22.6 Å². The summed E-state index contributed by atoms with van der Waals surface area (Å²) in [7, 11) is 0. The molecule has 0 bridgehead atoms. The average molecular weight is 305 g/mol. The number of unbranched alkanes of at least 4 members (excludes halogenated alkanes) is 1. The number of hydrogen-bond acceptors (Lipinski definition) is 5. The maximum Gasteiger partial charge on any atom is 0.221 e. The van der Waals surface area contributed by atoms with Crippen molar-refractivity contribution in [2.24, 2.45) is 0 Å². The van der Waals surface area contributed by atoms with Crippen LogP contribution >= 0.6 is 0 Å². The average Bonchev–Trinajstić information content (AvgIpc) is 2.61. The zero-order valence-electron chi connectivity index (χ0n) is 13.1. The summed E-state index contributed by atoms with van der Waals surface area (Å²) in [4.78, 5) is 17.6. The van der Waals surface area contributed by atoms with Crippen LogP contribution in [0.5, 0.6) is 0 Å². The van der Waals surface area contributed by atoms with Crippen LogP contribution in [-0.2, 0) is 6.42 Å². The van der Waals surface area contributed by atoms with E-state index in [1.807, 2.05) is 30.3 Å². The van der Waals surface area contributed by atoms with Crippen molar-refractivity contribution in [1.29, 1.82) is 0 Å². The molecule has 0 spiro atoms. The van der Waals surface area contributed by atoms with Crippen molar-refractivity contribution in [1.82, 2.24) is 19.9 Å². The van der Waals surface area contributed by atoms with Crippen molar-refractivity contribution in [2.45, 2.75) is 26.2 Å². The summed E-state index contributed by atoms with van der Waals surface area (Å²) in [6.07, 6.45) is 8.35. The van der Waals surface area contributed by atoms with Gasteiger partial charge >= 0.3 is 0 Å². The molecule has 23 heavy (non-hydrogen) atoms. The van der Waals surface area contributed by atoms with E-state index in [0.717, 1.165) is 47.5 Å². The summed E-state index contributed by atoms with van der Waals surface area (Å²) >= 11 is 0. The second kappa shape index (κ2) is 6.96. The number of nitrogen functional groups attached to an aromatic ring is 1. The molecule has 0 fully saturated rings. The normalized spacial score (nSPS) is 10.7. The summed E-state index contributed by atoms with van der Waals surface area (Å²) in [5, 5.41) is 0. The number of nitrogens with zero attached hydrogens (tertiary/aromatic N) is 4. The molecule has 5 heteroatoms. The molecule has 0 amide bonds. The van der Waals surface area contributed by atoms with Crippen molar-refractivity contribution in [2.75, 3.05) is 5.73 Å². The molecule has 3 aromatic rings. The van der Waals surface area contributed by atoms with Gasteiger partial charge in [-0.05, 0) is 37.1 Å². The van der Waals surface area contributed by atoms with Gasteiger partial charge in [-0.1, -0.05) is 19.4 Å². The van der Waals surface area contributed by atoms with Crippen LogP contribution in [0.25, 0.3) is 22.6 Å². The lowest BCUT2D eigenvalue weighted by Crippen LogP contribution is -2.06. The van der Waals surface area contributed by atoms with E-state index in [-0.39, 0.29) is 5.95 Å². The van der Waals surface area contributed by atoms with E-state index >= 15 is 0 Å². The standard InChI is InChI=1S/C18H19N5/c1-2-3-8-14-16(13-7-6-10-20-12-13)22-18(19)23-17(14)15-9-4-5-11-21-15/h4-7,9-12H,2-3,8H2,1H3,(H2,19,22,23). The van der Waals surface area contributed by atoms with Gasteiger partial charge in [0.05, 0.1) is 17.1 Å². The SMILES string of the molecule is CCCCc1c(-c2cccnc2)nc(N)nc1-c1ccccn1. The first kappa shape index (κ1) is 15.1. The smallest absolute Gasteiger partial charge is 0.221 e. The first-order valence-corrected chi connectivity index (χ1v) is 7.77. The highest BCUT2D eigenvalue weighted by Crippen LogP contribution is 2.30. The van der Waals surface area contributed by atoms with Gasteiger partial charge in [0.15, 0.2) is 0 Å². The number of hydrogen-bond donors (Lipinski definition) is 1. The first-order chi connectivity index (χ1) is 11.3. The number of nitrogens with two attached hydrogens (primary N) is 1. The van der Waals surface area contributed by atoms with Crippen molar-refractivity contribution in [3.05, 3.63) is 54.5 Å². The van der Waals surface area contributed by atoms with Crippen molar-refractivity contribution >= 4 is 5.95 Å². The van der Waals surface area contributed by atoms with Crippen LogP contribution in [0, 0.1) is 0 Å². The van der Waals surface area contributed by atoms with Crippen molar-refractivity contribution < 1.29 is 0 Å². The first-order valence-electron chi connectivity index (χ1n) is 7.77. The fraction of sp³-hybridized carbons (Fsp3) is 0.222. The third-order valence-corrected chi connectivity index (χ3v) is 3.65. The Labute approximate surface area is 135 Å². The summed E-state index contributed by atoms with van der Waals surface area (Å²) in [6, 6.07) is 9.68. The van der Waals surface area contributed by atoms with Gasteiger partial charge in [0.2, 0.25) is 5.95 Å². The molecule has 0 atom stereocenters. The van der Waals surface area contributed by atoms with Gasteiger partial charge in [-0.15, -0.1) is 0 Å². The molecule has 0 aliphatic heterocycles. The maximum atomic E-state index is 5.96. The topological polar surface area (TPSA) is 77.6 Å². The van der Waals surface area contributed by atoms with Crippen LogP contribution in [0.3, 0.4) is 0 Å². The highest BCUT2D eigenvalue weighted by atomic mass is 15.0. The van der Waals surface area contributed by atoms with Gasteiger partial charge in [-0.25, -0.2) is 9.97 Å². The molecule has 0 aromatic carbocycles. The molecule has 116 valence electrons. The number of pyridine rings is 2. The Morgan fingerprint density at radius 2 is 1.87 bits per heavy atom. The quantitative estimate of drug-likeness (QED) is 0.780. The molecular formula is C18H19N5. The van der Waals surface area contributed by atoms with Gasteiger partial charge in [0.1, 0.15) is 0 Å². The maximum absolute atomic E-state index is 5.96. The molecule has 0 radical (unpaired) electrons. The molecule has 0 saturated carbocycles. The fourth-order valence-electron chi connectivity index (χ4n) is 2.55. The van der Waals surface area contributed by atoms with E-state index in [0.29, 0.717) is 0 Å². The molecule has 0 unspecified atom stereocenters. The number of rotatable bonds is 5. The Kier molecular flexibility index (Phi) is 4.57. The summed E-state index contributed by atoms with van der Waals surface area (Å²) in [5.41, 5.74) is 10.5. The molecule has 0 aliphatic carbocycles. The van der Waals surface area contributed by atoms with Gasteiger partial charge in [0.25, 0.3) is 0 Å². The van der Waals surface area contributed by atoms with Gasteiger partial charge in [-0.3, -0.25) is 9.97 Å². The second-order valence-electron chi connectivity index (χ2n) is 5.32. The minimum atomic E-state index is 0.254. The predicted octanol–water partition coefficient (Wildman–Crippen LogP) is 3.53. The largest absolute Gasteiger partial charge is 0.368 e. The lowest BCUT2D eigenvalue weighted by Gasteiger charge is -2.14. The molecule has 2 N–H and O–H groups in total. The van der Waals surface area contributed by atoms with Gasteiger partial charge in [-0.2, -0.15) is 0 Å².